The van der Waals surface area contributed by atoms with Gasteiger partial charge in [-0.05, 0) is 49.8 Å². The summed E-state index contributed by atoms with van der Waals surface area (Å²) in [7, 11) is 0. The summed E-state index contributed by atoms with van der Waals surface area (Å²) in [6, 6.07) is 7.94. The largest absolute Gasteiger partial charge is 0.390 e. The first kappa shape index (κ1) is 11.0. The Morgan fingerprint density at radius 1 is 1.40 bits per heavy atom. The molecule has 0 radical (unpaired) electrons. The highest BCUT2D eigenvalue weighted by Gasteiger charge is 2.36. The third-order valence-electron chi connectivity index (χ3n) is 3.51. The van der Waals surface area contributed by atoms with Crippen LogP contribution in [0.25, 0.3) is 0 Å². The van der Waals surface area contributed by atoms with Gasteiger partial charge in [0.2, 0.25) is 0 Å². The van der Waals surface area contributed by atoms with E-state index in [1.165, 1.54) is 5.56 Å². The molecule has 2 unspecified atom stereocenters. The molecule has 82 valence electrons. The molecule has 0 aliphatic heterocycles. The molecule has 0 amide bonds. The number of benzene rings is 1. The molecule has 0 spiro atoms. The van der Waals surface area contributed by atoms with Crippen LogP contribution in [0.3, 0.4) is 0 Å². The molecule has 0 heterocycles. The second-order valence-corrected chi connectivity index (χ2v) is 5.21. The van der Waals surface area contributed by atoms with Crippen molar-refractivity contribution >= 4 is 11.6 Å². The first-order valence-electron chi connectivity index (χ1n) is 5.55. The molecule has 1 aromatic rings. The molecule has 0 saturated heterocycles. The highest BCUT2D eigenvalue weighted by molar-refractivity contribution is 6.30. The first-order chi connectivity index (χ1) is 7.08. The van der Waals surface area contributed by atoms with Gasteiger partial charge in [0, 0.05) is 5.02 Å². The van der Waals surface area contributed by atoms with Crippen LogP contribution in [0, 0.1) is 5.92 Å². The third kappa shape index (κ3) is 2.53. The Morgan fingerprint density at radius 2 is 2.07 bits per heavy atom. The van der Waals surface area contributed by atoms with Crippen molar-refractivity contribution in [3.8, 4) is 0 Å². The molecular weight excluding hydrogens is 208 g/mol. The lowest BCUT2D eigenvalue weighted by Gasteiger charge is -2.25. The fourth-order valence-corrected chi connectivity index (χ4v) is 2.57. The van der Waals surface area contributed by atoms with Crippen molar-refractivity contribution in [2.45, 2.75) is 38.2 Å². The van der Waals surface area contributed by atoms with Crippen molar-refractivity contribution in [3.05, 3.63) is 34.9 Å². The molecule has 1 aliphatic rings. The van der Waals surface area contributed by atoms with Crippen molar-refractivity contribution in [3.63, 3.8) is 0 Å². The van der Waals surface area contributed by atoms with Crippen LogP contribution in [0.15, 0.2) is 24.3 Å². The normalized spacial score (nSPS) is 30.7. The fraction of sp³-hybridized carbons (Fsp3) is 0.538. The van der Waals surface area contributed by atoms with Gasteiger partial charge in [-0.2, -0.15) is 0 Å². The van der Waals surface area contributed by atoms with Gasteiger partial charge in [-0.3, -0.25) is 0 Å². The Morgan fingerprint density at radius 3 is 2.60 bits per heavy atom. The van der Waals surface area contributed by atoms with Crippen molar-refractivity contribution < 1.29 is 5.11 Å². The summed E-state index contributed by atoms with van der Waals surface area (Å²) in [4.78, 5) is 0. The minimum atomic E-state index is -0.473. The Hall–Kier alpha value is -0.530. The van der Waals surface area contributed by atoms with Crippen LogP contribution in [0.2, 0.25) is 5.02 Å². The number of aliphatic hydroxyl groups is 1. The Balaban J connectivity index is 2.06. The van der Waals surface area contributed by atoms with E-state index in [9.17, 15) is 5.11 Å². The highest BCUT2D eigenvalue weighted by atomic mass is 35.5. The molecule has 1 aromatic carbocycles. The minimum Gasteiger partial charge on any atom is -0.390 e. The summed E-state index contributed by atoms with van der Waals surface area (Å²) in [6.45, 7) is 1.96. The van der Waals surface area contributed by atoms with E-state index < -0.39 is 5.60 Å². The second-order valence-electron chi connectivity index (χ2n) is 4.78. The lowest BCUT2D eigenvalue weighted by molar-refractivity contribution is 0.0214. The maximum Gasteiger partial charge on any atom is 0.0651 e. The molecular formula is C13H17ClO. The van der Waals surface area contributed by atoms with E-state index in [1.54, 1.807) is 0 Å². The van der Waals surface area contributed by atoms with Gasteiger partial charge in [-0.25, -0.2) is 0 Å². The van der Waals surface area contributed by atoms with E-state index in [0.29, 0.717) is 5.92 Å². The molecule has 1 nitrogen and oxygen atoms in total. The lowest BCUT2D eigenvalue weighted by atomic mass is 9.87. The summed E-state index contributed by atoms with van der Waals surface area (Å²) in [6.07, 6.45) is 4.18. The molecule has 2 heteroatoms. The van der Waals surface area contributed by atoms with Gasteiger partial charge in [-0.15, -0.1) is 0 Å². The van der Waals surface area contributed by atoms with Crippen molar-refractivity contribution in [1.82, 2.24) is 0 Å². The van der Waals surface area contributed by atoms with Gasteiger partial charge in [0.1, 0.15) is 0 Å². The van der Waals surface area contributed by atoms with Crippen LogP contribution in [0.4, 0.5) is 0 Å². The summed E-state index contributed by atoms with van der Waals surface area (Å²) >= 11 is 5.83. The minimum absolute atomic E-state index is 0.402. The first-order valence-corrected chi connectivity index (χ1v) is 5.92. The van der Waals surface area contributed by atoms with E-state index in [2.05, 4.69) is 12.1 Å². The van der Waals surface area contributed by atoms with E-state index in [-0.39, 0.29) is 0 Å². The van der Waals surface area contributed by atoms with E-state index >= 15 is 0 Å². The van der Waals surface area contributed by atoms with Gasteiger partial charge in [0.25, 0.3) is 0 Å². The zero-order chi connectivity index (χ0) is 10.9. The smallest absolute Gasteiger partial charge is 0.0651 e. The third-order valence-corrected chi connectivity index (χ3v) is 3.76. The van der Waals surface area contributed by atoms with Gasteiger partial charge >= 0.3 is 0 Å². The monoisotopic (exact) mass is 224 g/mol. The predicted octanol–water partition coefficient (Wildman–Crippen LogP) is 3.43. The van der Waals surface area contributed by atoms with Gasteiger partial charge in [-0.1, -0.05) is 30.2 Å². The molecule has 0 bridgehead atoms. The second kappa shape index (κ2) is 4.15. The predicted molar refractivity (Wildman–Crippen MR) is 63.1 cm³/mol. The van der Waals surface area contributed by atoms with Crippen LogP contribution in [-0.4, -0.2) is 10.7 Å². The van der Waals surface area contributed by atoms with Gasteiger partial charge in [0.15, 0.2) is 0 Å². The summed E-state index contributed by atoms with van der Waals surface area (Å²) in [5.41, 5.74) is 0.797. The van der Waals surface area contributed by atoms with Crippen LogP contribution in [-0.2, 0) is 6.42 Å². The molecule has 1 aliphatic carbocycles. The molecule has 1 fully saturated rings. The molecule has 1 N–H and O–H groups in total. The lowest BCUT2D eigenvalue weighted by Crippen LogP contribution is -2.30. The Bertz CT molecular complexity index is 329. The SMILES string of the molecule is CC1(O)CCCC1Cc1ccc(Cl)cc1. The van der Waals surface area contributed by atoms with Crippen molar-refractivity contribution in [2.24, 2.45) is 5.92 Å². The zero-order valence-corrected chi connectivity index (χ0v) is 9.80. The topological polar surface area (TPSA) is 20.2 Å². The Labute approximate surface area is 96.1 Å². The van der Waals surface area contributed by atoms with Gasteiger partial charge in [0.05, 0.1) is 5.60 Å². The fourth-order valence-electron chi connectivity index (χ4n) is 2.45. The molecule has 1 saturated carbocycles. The van der Waals surface area contributed by atoms with Crippen LogP contribution < -0.4 is 0 Å². The molecule has 0 aromatic heterocycles. The van der Waals surface area contributed by atoms with Crippen molar-refractivity contribution in [2.75, 3.05) is 0 Å². The molecule has 15 heavy (non-hydrogen) atoms. The average molecular weight is 225 g/mol. The quantitative estimate of drug-likeness (QED) is 0.816. The zero-order valence-electron chi connectivity index (χ0n) is 9.04. The van der Waals surface area contributed by atoms with Crippen molar-refractivity contribution in [1.29, 1.82) is 0 Å². The number of hydrogen-bond donors (Lipinski definition) is 1. The maximum absolute atomic E-state index is 10.1. The highest BCUT2D eigenvalue weighted by Crippen LogP contribution is 2.37. The average Bonchev–Trinajstić information content (AvgIpc) is 2.50. The van der Waals surface area contributed by atoms with E-state index in [1.807, 2.05) is 19.1 Å². The summed E-state index contributed by atoms with van der Waals surface area (Å²) in [5, 5.41) is 10.9. The Kier molecular flexibility index (Phi) is 3.03. The van der Waals surface area contributed by atoms with Crippen LogP contribution >= 0.6 is 11.6 Å². The van der Waals surface area contributed by atoms with E-state index in [0.717, 1.165) is 30.7 Å². The van der Waals surface area contributed by atoms with E-state index in [4.69, 9.17) is 11.6 Å². The maximum atomic E-state index is 10.1. The molecule has 2 rings (SSSR count). The van der Waals surface area contributed by atoms with Gasteiger partial charge < -0.3 is 5.11 Å². The van der Waals surface area contributed by atoms with Crippen LogP contribution in [0.5, 0.6) is 0 Å². The standard InChI is InChI=1S/C13H17ClO/c1-13(15)8-2-3-11(13)9-10-4-6-12(14)7-5-10/h4-7,11,15H,2-3,8-9H2,1H3. The number of hydrogen-bond acceptors (Lipinski definition) is 1. The number of rotatable bonds is 2. The van der Waals surface area contributed by atoms with Crippen LogP contribution in [0.1, 0.15) is 31.7 Å². The summed E-state index contributed by atoms with van der Waals surface area (Å²) < 4.78 is 0. The summed E-state index contributed by atoms with van der Waals surface area (Å²) in [5.74, 6) is 0.402. The number of halogens is 1. The molecule has 2 atom stereocenters.